The Morgan fingerprint density at radius 2 is 2.06 bits per heavy atom. The zero-order valence-electron chi connectivity index (χ0n) is 10.9. The molecule has 0 aromatic heterocycles. The maximum Gasteiger partial charge on any atom is 0.248 e. The molecule has 98 valence electrons. The van der Waals surface area contributed by atoms with Gasteiger partial charge in [-0.1, -0.05) is 12.1 Å². The van der Waals surface area contributed by atoms with Crippen LogP contribution in [-0.2, 0) is 6.54 Å². The highest BCUT2D eigenvalue weighted by atomic mass is 16.1. The van der Waals surface area contributed by atoms with E-state index in [2.05, 4.69) is 17.3 Å². The summed E-state index contributed by atoms with van der Waals surface area (Å²) in [4.78, 5) is 13.3. The number of benzene rings is 1. The number of amides is 1. The Bertz CT molecular complexity index is 398. The number of hydrogen-bond donors (Lipinski definition) is 2. The molecule has 0 atom stereocenters. The van der Waals surface area contributed by atoms with E-state index in [0.717, 1.165) is 25.7 Å². The Labute approximate surface area is 108 Å². The van der Waals surface area contributed by atoms with E-state index in [1.54, 1.807) is 12.1 Å². The van der Waals surface area contributed by atoms with Crippen molar-refractivity contribution in [3.05, 3.63) is 35.4 Å². The first-order valence-electron chi connectivity index (χ1n) is 6.46. The molecule has 1 aliphatic carbocycles. The van der Waals surface area contributed by atoms with Gasteiger partial charge in [0, 0.05) is 31.2 Å². The number of rotatable bonds is 7. The van der Waals surface area contributed by atoms with Gasteiger partial charge in [-0.15, -0.1) is 0 Å². The lowest BCUT2D eigenvalue weighted by atomic mass is 10.1. The van der Waals surface area contributed by atoms with Gasteiger partial charge < -0.3 is 16.0 Å². The van der Waals surface area contributed by atoms with Crippen molar-refractivity contribution in [1.29, 1.82) is 0 Å². The summed E-state index contributed by atoms with van der Waals surface area (Å²) >= 11 is 0. The highest BCUT2D eigenvalue weighted by molar-refractivity contribution is 5.92. The molecule has 1 amide bonds. The van der Waals surface area contributed by atoms with Crippen LogP contribution in [0.4, 0.5) is 0 Å². The summed E-state index contributed by atoms with van der Waals surface area (Å²) < 4.78 is 0. The van der Waals surface area contributed by atoms with Crippen molar-refractivity contribution >= 4 is 5.91 Å². The minimum Gasteiger partial charge on any atom is -0.366 e. The van der Waals surface area contributed by atoms with Gasteiger partial charge in [0.15, 0.2) is 0 Å². The molecule has 1 saturated carbocycles. The molecule has 0 aliphatic heterocycles. The summed E-state index contributed by atoms with van der Waals surface area (Å²) in [6.07, 6.45) is 2.70. The fourth-order valence-electron chi connectivity index (χ4n) is 1.97. The van der Waals surface area contributed by atoms with E-state index in [-0.39, 0.29) is 5.91 Å². The van der Waals surface area contributed by atoms with Crippen LogP contribution in [-0.4, -0.2) is 37.0 Å². The SMILES string of the molecule is CN(CCNCc1ccc(C(N)=O)cc1)C1CC1. The quantitative estimate of drug-likeness (QED) is 0.706. The van der Waals surface area contributed by atoms with E-state index in [4.69, 9.17) is 5.73 Å². The van der Waals surface area contributed by atoms with Crippen molar-refractivity contribution < 1.29 is 4.79 Å². The average Bonchev–Trinajstić information content (AvgIpc) is 3.19. The number of carbonyl (C=O) groups is 1. The lowest BCUT2D eigenvalue weighted by molar-refractivity contribution is 0.100. The molecular formula is C14H21N3O. The first kappa shape index (κ1) is 13.1. The van der Waals surface area contributed by atoms with Crippen LogP contribution in [0.15, 0.2) is 24.3 Å². The number of likely N-dealkylation sites (N-methyl/N-ethyl adjacent to an activating group) is 1. The zero-order chi connectivity index (χ0) is 13.0. The second-order valence-corrected chi connectivity index (χ2v) is 4.95. The lowest BCUT2D eigenvalue weighted by Crippen LogP contribution is -2.30. The van der Waals surface area contributed by atoms with Crippen molar-refractivity contribution in [1.82, 2.24) is 10.2 Å². The number of nitrogens with one attached hydrogen (secondary N) is 1. The number of carbonyl (C=O) groups excluding carboxylic acids is 1. The Balaban J connectivity index is 1.67. The molecule has 0 spiro atoms. The second kappa shape index (κ2) is 5.98. The van der Waals surface area contributed by atoms with E-state index in [9.17, 15) is 4.79 Å². The van der Waals surface area contributed by atoms with Gasteiger partial charge in [0.1, 0.15) is 0 Å². The van der Waals surface area contributed by atoms with Crippen molar-refractivity contribution in [3.63, 3.8) is 0 Å². The minimum atomic E-state index is -0.374. The first-order chi connectivity index (χ1) is 8.66. The van der Waals surface area contributed by atoms with Gasteiger partial charge in [0.2, 0.25) is 5.91 Å². The van der Waals surface area contributed by atoms with E-state index in [0.29, 0.717) is 5.56 Å². The number of nitrogens with zero attached hydrogens (tertiary/aromatic N) is 1. The van der Waals surface area contributed by atoms with Crippen molar-refractivity contribution in [2.75, 3.05) is 20.1 Å². The molecule has 1 aromatic rings. The maximum atomic E-state index is 10.9. The van der Waals surface area contributed by atoms with Gasteiger partial charge in [-0.3, -0.25) is 4.79 Å². The minimum absolute atomic E-state index is 0.374. The third-order valence-corrected chi connectivity index (χ3v) is 3.38. The molecule has 0 radical (unpaired) electrons. The normalized spacial score (nSPS) is 15.0. The fourth-order valence-corrected chi connectivity index (χ4v) is 1.97. The molecule has 0 heterocycles. The van der Waals surface area contributed by atoms with Crippen LogP contribution in [0, 0.1) is 0 Å². The standard InChI is InChI=1S/C14H21N3O/c1-17(13-6-7-13)9-8-16-10-11-2-4-12(5-3-11)14(15)18/h2-5,13,16H,6-10H2,1H3,(H2,15,18). The van der Waals surface area contributed by atoms with Crippen LogP contribution in [0.2, 0.25) is 0 Å². The van der Waals surface area contributed by atoms with Crippen LogP contribution in [0.3, 0.4) is 0 Å². The van der Waals surface area contributed by atoms with Gasteiger partial charge in [0.25, 0.3) is 0 Å². The second-order valence-electron chi connectivity index (χ2n) is 4.95. The molecule has 1 fully saturated rings. The summed E-state index contributed by atoms with van der Waals surface area (Å²) in [7, 11) is 2.18. The fraction of sp³-hybridized carbons (Fsp3) is 0.500. The van der Waals surface area contributed by atoms with Gasteiger partial charge in [-0.05, 0) is 37.6 Å². The molecule has 0 saturated heterocycles. The highest BCUT2D eigenvalue weighted by Gasteiger charge is 2.25. The van der Waals surface area contributed by atoms with Crippen LogP contribution in [0.5, 0.6) is 0 Å². The lowest BCUT2D eigenvalue weighted by Gasteiger charge is -2.15. The molecule has 3 N–H and O–H groups in total. The highest BCUT2D eigenvalue weighted by Crippen LogP contribution is 2.24. The van der Waals surface area contributed by atoms with Crippen molar-refractivity contribution in [2.24, 2.45) is 5.73 Å². The smallest absolute Gasteiger partial charge is 0.248 e. The van der Waals surface area contributed by atoms with E-state index < -0.39 is 0 Å². The number of hydrogen-bond acceptors (Lipinski definition) is 3. The molecule has 4 nitrogen and oxygen atoms in total. The largest absolute Gasteiger partial charge is 0.366 e. The number of primary amides is 1. The van der Waals surface area contributed by atoms with Gasteiger partial charge >= 0.3 is 0 Å². The molecule has 18 heavy (non-hydrogen) atoms. The first-order valence-corrected chi connectivity index (χ1v) is 6.46. The third-order valence-electron chi connectivity index (χ3n) is 3.38. The molecule has 1 aliphatic rings. The van der Waals surface area contributed by atoms with Crippen LogP contribution < -0.4 is 11.1 Å². The summed E-state index contributed by atoms with van der Waals surface area (Å²) in [5.41, 5.74) is 6.93. The third kappa shape index (κ3) is 3.82. The molecular weight excluding hydrogens is 226 g/mol. The summed E-state index contributed by atoms with van der Waals surface area (Å²) in [6, 6.07) is 8.25. The zero-order valence-corrected chi connectivity index (χ0v) is 10.9. The predicted molar refractivity (Wildman–Crippen MR) is 72.3 cm³/mol. The Hall–Kier alpha value is -1.39. The Kier molecular flexibility index (Phi) is 4.33. The topological polar surface area (TPSA) is 58.4 Å². The van der Waals surface area contributed by atoms with Gasteiger partial charge in [0.05, 0.1) is 0 Å². The van der Waals surface area contributed by atoms with Crippen LogP contribution in [0.1, 0.15) is 28.8 Å². The average molecular weight is 247 g/mol. The number of nitrogens with two attached hydrogens (primary N) is 1. The van der Waals surface area contributed by atoms with Crippen LogP contribution in [0.25, 0.3) is 0 Å². The Morgan fingerprint density at radius 1 is 1.39 bits per heavy atom. The predicted octanol–water partition coefficient (Wildman–Crippen LogP) is 0.969. The van der Waals surface area contributed by atoms with E-state index in [1.807, 2.05) is 12.1 Å². The van der Waals surface area contributed by atoms with Crippen molar-refractivity contribution in [3.8, 4) is 0 Å². The Morgan fingerprint density at radius 3 is 2.61 bits per heavy atom. The summed E-state index contributed by atoms with van der Waals surface area (Å²) in [5.74, 6) is -0.374. The molecule has 1 aromatic carbocycles. The summed E-state index contributed by atoms with van der Waals surface area (Å²) in [5, 5.41) is 3.41. The van der Waals surface area contributed by atoms with Gasteiger partial charge in [-0.25, -0.2) is 0 Å². The van der Waals surface area contributed by atoms with Crippen LogP contribution >= 0.6 is 0 Å². The molecule has 4 heteroatoms. The summed E-state index contributed by atoms with van der Waals surface area (Å²) in [6.45, 7) is 2.91. The van der Waals surface area contributed by atoms with Gasteiger partial charge in [-0.2, -0.15) is 0 Å². The van der Waals surface area contributed by atoms with E-state index in [1.165, 1.54) is 18.4 Å². The molecule has 0 unspecified atom stereocenters. The maximum absolute atomic E-state index is 10.9. The van der Waals surface area contributed by atoms with Crippen molar-refractivity contribution in [2.45, 2.75) is 25.4 Å². The molecule has 2 rings (SSSR count). The molecule has 0 bridgehead atoms. The monoisotopic (exact) mass is 247 g/mol. The van der Waals surface area contributed by atoms with E-state index >= 15 is 0 Å².